The Kier molecular flexibility index (Phi) is 9.03. The van der Waals surface area contributed by atoms with Crippen molar-refractivity contribution in [3.05, 3.63) is 41.2 Å². The first-order chi connectivity index (χ1) is 17.0. The second-order valence-electron chi connectivity index (χ2n) is 9.34. The summed E-state index contributed by atoms with van der Waals surface area (Å²) in [5, 5.41) is 6.70. The standard InChI is InChI=1S/C25H34N6O4S/c1-16(31(6)24(33)35-25(3,4)5)22(32)26-12-13-34-21-14-20(28-17(2)29-21)30-23-27-15-19(36-23)18-10-8-7-9-11-18/h8,10-11,14-16H,7,9,12-13H2,1-6H3,(H,26,32)(H,27,28,29,30)/t16-/m0/s1. The van der Waals surface area contributed by atoms with Crippen LogP contribution in [0.2, 0.25) is 0 Å². The lowest BCUT2D eigenvalue weighted by molar-refractivity contribution is -0.125. The topological polar surface area (TPSA) is 119 Å². The van der Waals surface area contributed by atoms with Crippen LogP contribution in [-0.2, 0) is 9.53 Å². The van der Waals surface area contributed by atoms with Gasteiger partial charge in [-0.1, -0.05) is 29.6 Å². The summed E-state index contributed by atoms with van der Waals surface area (Å²) in [6.07, 6.45) is 9.91. The molecule has 2 amide bonds. The third-order valence-corrected chi connectivity index (χ3v) is 6.09. The van der Waals surface area contributed by atoms with Crippen LogP contribution in [-0.4, -0.2) is 63.7 Å². The largest absolute Gasteiger partial charge is 0.476 e. The van der Waals surface area contributed by atoms with E-state index in [0.717, 1.165) is 22.9 Å². The van der Waals surface area contributed by atoms with Gasteiger partial charge in [-0.25, -0.2) is 14.8 Å². The number of nitrogens with one attached hydrogen (secondary N) is 2. The summed E-state index contributed by atoms with van der Waals surface area (Å²) in [4.78, 5) is 40.1. The fraction of sp³-hybridized carbons (Fsp3) is 0.480. The Balaban J connectivity index is 1.49. The van der Waals surface area contributed by atoms with E-state index in [4.69, 9.17) is 9.47 Å². The van der Waals surface area contributed by atoms with E-state index in [0.29, 0.717) is 17.5 Å². The van der Waals surface area contributed by atoms with Crippen LogP contribution < -0.4 is 15.4 Å². The van der Waals surface area contributed by atoms with Gasteiger partial charge in [0, 0.05) is 19.3 Å². The average molecular weight is 515 g/mol. The number of nitrogens with zero attached hydrogens (tertiary/aromatic N) is 4. The van der Waals surface area contributed by atoms with Crippen molar-refractivity contribution in [1.29, 1.82) is 0 Å². The van der Waals surface area contributed by atoms with Crippen LogP contribution in [0.4, 0.5) is 15.7 Å². The van der Waals surface area contributed by atoms with E-state index >= 15 is 0 Å². The maximum atomic E-state index is 12.4. The van der Waals surface area contributed by atoms with Crippen molar-refractivity contribution in [2.45, 2.75) is 59.1 Å². The lowest BCUT2D eigenvalue weighted by atomic mass is 10.1. The van der Waals surface area contributed by atoms with Crippen molar-refractivity contribution >= 4 is 39.9 Å². The minimum atomic E-state index is -0.694. The number of hydrogen-bond donors (Lipinski definition) is 2. The smallest absolute Gasteiger partial charge is 0.410 e. The lowest BCUT2D eigenvalue weighted by Crippen LogP contribution is -2.48. The molecule has 36 heavy (non-hydrogen) atoms. The Hall–Kier alpha value is -3.47. The molecule has 0 unspecified atom stereocenters. The van der Waals surface area contributed by atoms with Crippen molar-refractivity contribution in [3.63, 3.8) is 0 Å². The van der Waals surface area contributed by atoms with Gasteiger partial charge in [0.05, 0.1) is 11.4 Å². The van der Waals surface area contributed by atoms with Crippen molar-refractivity contribution < 1.29 is 19.1 Å². The molecule has 3 rings (SSSR count). The SMILES string of the molecule is Cc1nc(Nc2ncc(C3=CCCC=C3)s2)cc(OCCNC(=O)[C@H](C)N(C)C(=O)OC(C)(C)C)n1. The number of carbonyl (C=O) groups is 2. The van der Waals surface area contributed by atoms with Crippen LogP contribution in [0.5, 0.6) is 5.88 Å². The third kappa shape index (κ3) is 8.04. The van der Waals surface area contributed by atoms with Crippen molar-refractivity contribution in [2.75, 3.05) is 25.5 Å². The van der Waals surface area contributed by atoms with Crippen LogP contribution >= 0.6 is 11.3 Å². The second-order valence-corrected chi connectivity index (χ2v) is 10.4. The zero-order valence-electron chi connectivity index (χ0n) is 21.6. The maximum Gasteiger partial charge on any atom is 0.410 e. The van der Waals surface area contributed by atoms with E-state index in [2.05, 4.69) is 43.8 Å². The predicted molar refractivity (Wildman–Crippen MR) is 140 cm³/mol. The van der Waals surface area contributed by atoms with E-state index < -0.39 is 17.7 Å². The zero-order valence-corrected chi connectivity index (χ0v) is 22.4. The number of likely N-dealkylation sites (N-methyl/N-ethyl adjacent to an activating group) is 1. The summed E-state index contributed by atoms with van der Waals surface area (Å²) < 4.78 is 11.0. The van der Waals surface area contributed by atoms with Crippen LogP contribution in [0.3, 0.4) is 0 Å². The average Bonchev–Trinajstić information content (AvgIpc) is 3.28. The van der Waals surface area contributed by atoms with Crippen LogP contribution in [0, 0.1) is 6.92 Å². The highest BCUT2D eigenvalue weighted by atomic mass is 32.1. The first-order valence-electron chi connectivity index (χ1n) is 11.8. The molecule has 1 atom stereocenters. The number of ether oxygens (including phenoxy) is 2. The molecule has 11 heteroatoms. The Morgan fingerprint density at radius 1 is 1.25 bits per heavy atom. The fourth-order valence-electron chi connectivity index (χ4n) is 3.19. The normalized spacial score (nSPS) is 14.0. The molecule has 2 aromatic rings. The number of rotatable bonds is 9. The summed E-state index contributed by atoms with van der Waals surface area (Å²) in [7, 11) is 1.53. The third-order valence-electron chi connectivity index (χ3n) is 5.13. The Morgan fingerprint density at radius 3 is 2.72 bits per heavy atom. The molecule has 0 saturated heterocycles. The van der Waals surface area contributed by atoms with E-state index in [-0.39, 0.29) is 19.1 Å². The lowest BCUT2D eigenvalue weighted by Gasteiger charge is -2.28. The second kappa shape index (κ2) is 12.0. The molecule has 0 radical (unpaired) electrons. The Labute approximate surface area is 215 Å². The summed E-state index contributed by atoms with van der Waals surface area (Å²) in [6, 6.07) is 0.995. The molecule has 2 N–H and O–H groups in total. The molecule has 1 aliphatic rings. The number of carbonyl (C=O) groups excluding carboxylic acids is 2. The molecule has 0 aliphatic heterocycles. The number of thiazole rings is 1. The Bertz CT molecular complexity index is 1140. The molecule has 0 saturated carbocycles. The first-order valence-corrected chi connectivity index (χ1v) is 12.7. The van der Waals surface area contributed by atoms with Crippen molar-refractivity contribution in [1.82, 2.24) is 25.2 Å². The molecular weight excluding hydrogens is 480 g/mol. The number of anilines is 2. The summed E-state index contributed by atoms with van der Waals surface area (Å²) in [5.41, 5.74) is 0.550. The van der Waals surface area contributed by atoms with Crippen molar-refractivity contribution in [2.24, 2.45) is 0 Å². The van der Waals surface area contributed by atoms with Crippen molar-refractivity contribution in [3.8, 4) is 5.88 Å². The van der Waals surface area contributed by atoms with Gasteiger partial charge < -0.3 is 20.1 Å². The number of aromatic nitrogens is 3. The number of aryl methyl sites for hydroxylation is 1. The van der Waals surface area contributed by atoms with E-state index in [1.807, 2.05) is 6.20 Å². The molecule has 2 aromatic heterocycles. The molecule has 0 spiro atoms. The molecule has 0 bridgehead atoms. The number of amides is 2. The highest BCUT2D eigenvalue weighted by molar-refractivity contribution is 7.16. The van der Waals surface area contributed by atoms with Gasteiger partial charge in [-0.15, -0.1) is 0 Å². The predicted octanol–water partition coefficient (Wildman–Crippen LogP) is 4.47. The molecule has 1 aliphatic carbocycles. The van der Waals surface area contributed by atoms with Gasteiger partial charge in [0.25, 0.3) is 0 Å². The summed E-state index contributed by atoms with van der Waals surface area (Å²) >= 11 is 1.55. The number of allylic oxidation sites excluding steroid dienone is 4. The van der Waals surface area contributed by atoms with Gasteiger partial charge in [0.15, 0.2) is 5.13 Å². The van der Waals surface area contributed by atoms with E-state index in [1.165, 1.54) is 17.5 Å². The molecule has 2 heterocycles. The van der Waals surface area contributed by atoms with Gasteiger partial charge in [0.1, 0.15) is 29.9 Å². The van der Waals surface area contributed by atoms with Crippen LogP contribution in [0.25, 0.3) is 5.57 Å². The molecule has 0 aromatic carbocycles. The summed E-state index contributed by atoms with van der Waals surface area (Å²) in [6.45, 7) is 9.19. The molecule has 0 fully saturated rings. The molecule has 10 nitrogen and oxygen atoms in total. The molecular formula is C25H34N6O4S. The highest BCUT2D eigenvalue weighted by Crippen LogP contribution is 2.30. The van der Waals surface area contributed by atoms with Gasteiger partial charge in [-0.05, 0) is 53.0 Å². The van der Waals surface area contributed by atoms with Crippen LogP contribution in [0.15, 0.2) is 30.5 Å². The van der Waals surface area contributed by atoms with Gasteiger partial charge >= 0.3 is 6.09 Å². The van der Waals surface area contributed by atoms with E-state index in [1.54, 1.807) is 52.0 Å². The van der Waals surface area contributed by atoms with E-state index in [9.17, 15) is 9.59 Å². The minimum Gasteiger partial charge on any atom is -0.476 e. The molecule has 194 valence electrons. The first kappa shape index (κ1) is 27.1. The number of hydrogen-bond acceptors (Lipinski definition) is 9. The Morgan fingerprint density at radius 2 is 2.03 bits per heavy atom. The maximum absolute atomic E-state index is 12.4. The van der Waals surface area contributed by atoms with Gasteiger partial charge in [-0.2, -0.15) is 4.98 Å². The zero-order chi connectivity index (χ0) is 26.3. The summed E-state index contributed by atoms with van der Waals surface area (Å²) in [5.74, 6) is 1.19. The van der Waals surface area contributed by atoms with Gasteiger partial charge in [-0.3, -0.25) is 9.69 Å². The minimum absolute atomic E-state index is 0.201. The quantitative estimate of drug-likeness (QED) is 0.471. The monoisotopic (exact) mass is 514 g/mol. The van der Waals surface area contributed by atoms with Crippen LogP contribution in [0.1, 0.15) is 51.2 Å². The van der Waals surface area contributed by atoms with Gasteiger partial charge in [0.2, 0.25) is 11.8 Å². The highest BCUT2D eigenvalue weighted by Gasteiger charge is 2.26. The fourth-order valence-corrected chi connectivity index (χ4v) is 4.04.